The first-order chi connectivity index (χ1) is 8.10. The minimum Gasteiger partial charge on any atom is -0.461 e. The molecule has 0 aliphatic rings. The van der Waals surface area contributed by atoms with Gasteiger partial charge in [-0.05, 0) is 19.3 Å². The molecule has 1 N–H and O–H groups in total. The molecule has 1 unspecified atom stereocenters. The molecule has 5 heteroatoms. The lowest BCUT2D eigenvalue weighted by Crippen LogP contribution is -2.25. The summed E-state index contributed by atoms with van der Waals surface area (Å²) in [5.41, 5.74) is 2.07. The molecule has 1 aromatic heterocycles. The van der Waals surface area contributed by atoms with Crippen molar-refractivity contribution in [2.45, 2.75) is 40.2 Å². The molecule has 4 nitrogen and oxygen atoms in total. The highest BCUT2D eigenvalue weighted by atomic mass is 32.1. The van der Waals surface area contributed by atoms with E-state index in [1.54, 1.807) is 12.4 Å². The first-order valence-electron chi connectivity index (χ1n) is 5.97. The van der Waals surface area contributed by atoms with Gasteiger partial charge in [0.05, 0.1) is 12.1 Å². The lowest BCUT2D eigenvalue weighted by molar-refractivity contribution is 0.0521. The standard InChI is InChI=1S/C12H20N2O2S/c1-5-9(8(3)4)14-11-10(13-7-17-11)12(15)16-6-2/h7-9,14H,5-6H2,1-4H3. The largest absolute Gasteiger partial charge is 0.461 e. The van der Waals surface area contributed by atoms with Crippen molar-refractivity contribution >= 4 is 22.3 Å². The minimum absolute atomic E-state index is 0.351. The molecule has 17 heavy (non-hydrogen) atoms. The van der Waals surface area contributed by atoms with Crippen LogP contribution in [0.5, 0.6) is 0 Å². The van der Waals surface area contributed by atoms with Gasteiger partial charge in [0.1, 0.15) is 5.00 Å². The van der Waals surface area contributed by atoms with Gasteiger partial charge in [-0.25, -0.2) is 9.78 Å². The van der Waals surface area contributed by atoms with Crippen LogP contribution in [0.1, 0.15) is 44.6 Å². The van der Waals surface area contributed by atoms with Gasteiger partial charge in [0.2, 0.25) is 0 Å². The van der Waals surface area contributed by atoms with Crippen molar-refractivity contribution in [2.75, 3.05) is 11.9 Å². The summed E-state index contributed by atoms with van der Waals surface area (Å²) in [6.45, 7) is 8.61. The summed E-state index contributed by atoms with van der Waals surface area (Å²) in [4.78, 5) is 15.7. The van der Waals surface area contributed by atoms with Gasteiger partial charge in [0.25, 0.3) is 0 Å². The van der Waals surface area contributed by atoms with Crippen LogP contribution >= 0.6 is 11.3 Å². The number of thiazole rings is 1. The number of rotatable bonds is 6. The van der Waals surface area contributed by atoms with Crippen LogP contribution in [0.15, 0.2) is 5.51 Å². The van der Waals surface area contributed by atoms with E-state index in [4.69, 9.17) is 4.74 Å². The first-order valence-corrected chi connectivity index (χ1v) is 6.85. The zero-order valence-corrected chi connectivity index (χ0v) is 11.6. The molecule has 0 fully saturated rings. The third-order valence-corrected chi connectivity index (χ3v) is 3.35. The Bertz CT molecular complexity index is 363. The van der Waals surface area contributed by atoms with E-state index < -0.39 is 0 Å². The Morgan fingerprint density at radius 2 is 2.24 bits per heavy atom. The number of nitrogens with one attached hydrogen (secondary N) is 1. The molecule has 0 saturated carbocycles. The first kappa shape index (κ1) is 14.0. The molecule has 0 aliphatic heterocycles. The zero-order valence-electron chi connectivity index (χ0n) is 10.8. The van der Waals surface area contributed by atoms with Gasteiger partial charge < -0.3 is 10.1 Å². The van der Waals surface area contributed by atoms with Crippen molar-refractivity contribution in [2.24, 2.45) is 5.92 Å². The highest BCUT2D eigenvalue weighted by Crippen LogP contribution is 2.24. The SMILES string of the molecule is CCOC(=O)c1ncsc1NC(CC)C(C)C. The minimum atomic E-state index is -0.352. The third kappa shape index (κ3) is 3.70. The molecule has 0 bridgehead atoms. The molecule has 1 heterocycles. The molecule has 0 amide bonds. The second kappa shape index (κ2) is 6.59. The van der Waals surface area contributed by atoms with Crippen LogP contribution in [-0.2, 0) is 4.74 Å². The Hall–Kier alpha value is -1.10. The predicted octanol–water partition coefficient (Wildman–Crippen LogP) is 3.17. The number of nitrogens with zero attached hydrogens (tertiary/aromatic N) is 1. The van der Waals surface area contributed by atoms with E-state index in [9.17, 15) is 4.79 Å². The summed E-state index contributed by atoms with van der Waals surface area (Å²) in [6, 6.07) is 0.351. The van der Waals surface area contributed by atoms with Crippen LogP contribution in [0.25, 0.3) is 0 Å². The number of carbonyl (C=O) groups excluding carboxylic acids is 1. The number of aromatic nitrogens is 1. The van der Waals surface area contributed by atoms with Gasteiger partial charge in [-0.15, -0.1) is 11.3 Å². The smallest absolute Gasteiger partial charge is 0.360 e. The summed E-state index contributed by atoms with van der Waals surface area (Å²) in [5.74, 6) is 0.159. The average Bonchev–Trinajstić information content (AvgIpc) is 2.73. The lowest BCUT2D eigenvalue weighted by atomic mass is 10.0. The second-order valence-electron chi connectivity index (χ2n) is 4.15. The van der Waals surface area contributed by atoms with Crippen molar-refractivity contribution < 1.29 is 9.53 Å². The van der Waals surface area contributed by atoms with Crippen LogP contribution < -0.4 is 5.32 Å². The third-order valence-electron chi connectivity index (χ3n) is 2.60. The van der Waals surface area contributed by atoms with Crippen molar-refractivity contribution in [3.63, 3.8) is 0 Å². The molecule has 1 aromatic rings. The van der Waals surface area contributed by atoms with E-state index in [0.717, 1.165) is 11.4 Å². The van der Waals surface area contributed by atoms with Crippen LogP contribution in [0.3, 0.4) is 0 Å². The van der Waals surface area contributed by atoms with Gasteiger partial charge in [-0.1, -0.05) is 20.8 Å². The van der Waals surface area contributed by atoms with Crippen LogP contribution in [0, 0.1) is 5.92 Å². The van der Waals surface area contributed by atoms with Crippen molar-refractivity contribution in [3.8, 4) is 0 Å². The maximum Gasteiger partial charge on any atom is 0.360 e. The fraction of sp³-hybridized carbons (Fsp3) is 0.667. The Labute approximate surface area is 106 Å². The van der Waals surface area contributed by atoms with Crippen molar-refractivity contribution in [1.29, 1.82) is 0 Å². The molecular weight excluding hydrogens is 236 g/mol. The molecule has 0 aliphatic carbocycles. The van der Waals surface area contributed by atoms with Crippen LogP contribution in [0.4, 0.5) is 5.00 Å². The van der Waals surface area contributed by atoms with Gasteiger partial charge in [0, 0.05) is 6.04 Å². The van der Waals surface area contributed by atoms with Crippen molar-refractivity contribution in [3.05, 3.63) is 11.2 Å². The molecular formula is C12H20N2O2S. The van der Waals surface area contributed by atoms with E-state index in [1.807, 2.05) is 0 Å². The Balaban J connectivity index is 2.78. The van der Waals surface area contributed by atoms with Crippen molar-refractivity contribution in [1.82, 2.24) is 4.98 Å². The molecule has 1 atom stereocenters. The normalized spacial score (nSPS) is 12.5. The molecule has 0 saturated heterocycles. The maximum atomic E-state index is 11.6. The van der Waals surface area contributed by atoms with Gasteiger partial charge >= 0.3 is 5.97 Å². The number of ether oxygens (including phenoxy) is 1. The van der Waals surface area contributed by atoms with Crippen LogP contribution in [-0.4, -0.2) is 23.6 Å². The Morgan fingerprint density at radius 1 is 1.53 bits per heavy atom. The molecule has 0 radical (unpaired) electrons. The fourth-order valence-corrected chi connectivity index (χ4v) is 2.33. The van der Waals surface area contributed by atoms with E-state index in [1.165, 1.54) is 11.3 Å². The fourth-order valence-electron chi connectivity index (χ4n) is 1.60. The van der Waals surface area contributed by atoms with Gasteiger partial charge in [-0.2, -0.15) is 0 Å². The van der Waals surface area contributed by atoms with E-state index in [-0.39, 0.29) is 5.97 Å². The predicted molar refractivity (Wildman–Crippen MR) is 70.6 cm³/mol. The highest BCUT2D eigenvalue weighted by molar-refractivity contribution is 7.14. The second-order valence-corrected chi connectivity index (χ2v) is 5.01. The molecule has 96 valence electrons. The van der Waals surface area contributed by atoms with E-state index >= 15 is 0 Å². The summed E-state index contributed by atoms with van der Waals surface area (Å²) >= 11 is 1.44. The number of esters is 1. The monoisotopic (exact) mass is 256 g/mol. The summed E-state index contributed by atoms with van der Waals surface area (Å²) in [5, 5.41) is 4.18. The number of hydrogen-bond acceptors (Lipinski definition) is 5. The molecule has 0 aromatic carbocycles. The van der Waals surface area contributed by atoms with Gasteiger partial charge in [0.15, 0.2) is 5.69 Å². The number of carbonyl (C=O) groups is 1. The molecule has 0 spiro atoms. The number of hydrogen-bond donors (Lipinski definition) is 1. The molecule has 1 rings (SSSR count). The number of anilines is 1. The highest BCUT2D eigenvalue weighted by Gasteiger charge is 2.19. The Morgan fingerprint density at radius 3 is 2.76 bits per heavy atom. The average molecular weight is 256 g/mol. The quantitative estimate of drug-likeness (QED) is 0.794. The maximum absolute atomic E-state index is 11.6. The van der Waals surface area contributed by atoms with Gasteiger partial charge in [-0.3, -0.25) is 0 Å². The van der Waals surface area contributed by atoms with Crippen LogP contribution in [0.2, 0.25) is 0 Å². The van der Waals surface area contributed by atoms with E-state index in [0.29, 0.717) is 24.3 Å². The summed E-state index contributed by atoms with van der Waals surface area (Å²) in [6.07, 6.45) is 1.01. The summed E-state index contributed by atoms with van der Waals surface area (Å²) < 4.78 is 4.97. The summed E-state index contributed by atoms with van der Waals surface area (Å²) in [7, 11) is 0. The Kier molecular flexibility index (Phi) is 5.41. The zero-order chi connectivity index (χ0) is 12.8. The topological polar surface area (TPSA) is 51.2 Å². The van der Waals surface area contributed by atoms with E-state index in [2.05, 4.69) is 31.1 Å². The lowest BCUT2D eigenvalue weighted by Gasteiger charge is -2.21.